The van der Waals surface area contributed by atoms with Crippen molar-refractivity contribution in [2.75, 3.05) is 23.7 Å². The molecule has 114 valence electrons. The van der Waals surface area contributed by atoms with Crippen LogP contribution in [0.25, 0.3) is 0 Å². The van der Waals surface area contributed by atoms with Crippen molar-refractivity contribution in [1.29, 1.82) is 5.26 Å². The minimum Gasteiger partial charge on any atom is -0.361 e. The smallest absolute Gasteiger partial charge is 0.262 e. The van der Waals surface area contributed by atoms with Gasteiger partial charge in [-0.3, -0.25) is 4.72 Å². The Bertz CT molecular complexity index is 793. The molecular weight excluding hydrogens is 300 g/mol. The first-order valence-electron chi connectivity index (χ1n) is 6.55. The summed E-state index contributed by atoms with van der Waals surface area (Å²) in [5.74, 6) is 0.534. The second-order valence-electron chi connectivity index (χ2n) is 4.85. The van der Waals surface area contributed by atoms with Gasteiger partial charge in [-0.05, 0) is 29.8 Å². The van der Waals surface area contributed by atoms with E-state index in [1.807, 2.05) is 6.07 Å². The number of pyridine rings is 1. The normalized spacial score (nSPS) is 10.8. The van der Waals surface area contributed by atoms with Crippen molar-refractivity contribution in [3.63, 3.8) is 0 Å². The van der Waals surface area contributed by atoms with Gasteiger partial charge in [0.15, 0.2) is 5.82 Å². The first-order valence-corrected chi connectivity index (χ1v) is 8.03. The zero-order valence-electron chi connectivity index (χ0n) is 12.3. The van der Waals surface area contributed by atoms with E-state index in [4.69, 9.17) is 5.26 Å². The monoisotopic (exact) mass is 316 g/mol. The maximum absolute atomic E-state index is 12.4. The number of aromatic nitrogens is 1. The van der Waals surface area contributed by atoms with Gasteiger partial charge in [0.1, 0.15) is 0 Å². The topological polar surface area (TPSA) is 86.1 Å². The fraction of sp³-hybridized carbons (Fsp3) is 0.200. The number of anilines is 2. The van der Waals surface area contributed by atoms with Crippen LogP contribution >= 0.6 is 0 Å². The van der Waals surface area contributed by atoms with E-state index >= 15 is 0 Å². The zero-order chi connectivity index (χ0) is 16.2. The molecule has 0 bridgehead atoms. The molecule has 1 heterocycles. The van der Waals surface area contributed by atoms with E-state index in [0.717, 1.165) is 5.56 Å². The van der Waals surface area contributed by atoms with Crippen LogP contribution in [-0.2, 0) is 16.4 Å². The first kappa shape index (κ1) is 15.8. The summed E-state index contributed by atoms with van der Waals surface area (Å²) in [4.78, 5) is 6.03. The SMILES string of the molecule is CN(C)c1ncccc1NS(=O)(=O)c1ccc(CC#N)cc1. The number of rotatable bonds is 5. The largest absolute Gasteiger partial charge is 0.361 e. The molecule has 0 aliphatic heterocycles. The number of benzene rings is 1. The van der Waals surface area contributed by atoms with Crippen LogP contribution in [-0.4, -0.2) is 27.5 Å². The Balaban J connectivity index is 2.30. The molecule has 1 N–H and O–H groups in total. The van der Waals surface area contributed by atoms with Crippen LogP contribution in [0.5, 0.6) is 0 Å². The number of sulfonamides is 1. The van der Waals surface area contributed by atoms with Crippen molar-refractivity contribution in [2.45, 2.75) is 11.3 Å². The van der Waals surface area contributed by atoms with Crippen LogP contribution in [0.4, 0.5) is 11.5 Å². The summed E-state index contributed by atoms with van der Waals surface area (Å²) in [6, 6.07) is 11.6. The molecule has 0 radical (unpaired) electrons. The van der Waals surface area contributed by atoms with Crippen LogP contribution in [0.15, 0.2) is 47.5 Å². The molecule has 6 nitrogen and oxygen atoms in total. The third kappa shape index (κ3) is 3.54. The molecule has 0 saturated carbocycles. The van der Waals surface area contributed by atoms with Crippen molar-refractivity contribution >= 4 is 21.5 Å². The van der Waals surface area contributed by atoms with E-state index in [9.17, 15) is 8.42 Å². The summed E-state index contributed by atoms with van der Waals surface area (Å²) in [6.07, 6.45) is 1.85. The van der Waals surface area contributed by atoms with E-state index in [-0.39, 0.29) is 11.3 Å². The fourth-order valence-electron chi connectivity index (χ4n) is 1.91. The predicted molar refractivity (Wildman–Crippen MR) is 85.1 cm³/mol. The van der Waals surface area contributed by atoms with Gasteiger partial charge in [-0.15, -0.1) is 0 Å². The van der Waals surface area contributed by atoms with Crippen LogP contribution in [0.2, 0.25) is 0 Å². The molecule has 0 aliphatic carbocycles. The Morgan fingerprint density at radius 2 is 1.91 bits per heavy atom. The second-order valence-corrected chi connectivity index (χ2v) is 6.54. The highest BCUT2D eigenvalue weighted by atomic mass is 32.2. The summed E-state index contributed by atoms with van der Waals surface area (Å²) in [5, 5.41) is 8.63. The summed E-state index contributed by atoms with van der Waals surface area (Å²) in [7, 11) is -0.124. The Morgan fingerprint density at radius 3 is 2.50 bits per heavy atom. The van der Waals surface area contributed by atoms with Gasteiger partial charge in [0.2, 0.25) is 0 Å². The van der Waals surface area contributed by atoms with Gasteiger partial charge < -0.3 is 4.90 Å². The van der Waals surface area contributed by atoms with Gasteiger partial charge in [-0.25, -0.2) is 13.4 Å². The molecule has 0 fully saturated rings. The van der Waals surface area contributed by atoms with Gasteiger partial charge in [-0.2, -0.15) is 5.26 Å². The molecule has 1 aromatic heterocycles. The summed E-state index contributed by atoms with van der Waals surface area (Å²) >= 11 is 0. The molecule has 1 aromatic carbocycles. The summed E-state index contributed by atoms with van der Waals surface area (Å²) < 4.78 is 27.4. The van der Waals surface area contributed by atoms with Gasteiger partial charge in [0.05, 0.1) is 23.1 Å². The first-order chi connectivity index (χ1) is 10.4. The molecule has 0 amide bonds. The molecular formula is C15H16N4O2S. The Kier molecular flexibility index (Phi) is 4.63. The van der Waals surface area contributed by atoms with Crippen LogP contribution in [0.3, 0.4) is 0 Å². The lowest BCUT2D eigenvalue weighted by Gasteiger charge is -2.17. The molecule has 0 atom stereocenters. The minimum absolute atomic E-state index is 0.141. The number of nitrogens with one attached hydrogen (secondary N) is 1. The van der Waals surface area contributed by atoms with Gasteiger partial charge in [0.25, 0.3) is 10.0 Å². The lowest BCUT2D eigenvalue weighted by atomic mass is 10.2. The van der Waals surface area contributed by atoms with Gasteiger partial charge >= 0.3 is 0 Å². The maximum atomic E-state index is 12.4. The Hall–Kier alpha value is -2.59. The quantitative estimate of drug-likeness (QED) is 0.912. The van der Waals surface area contributed by atoms with Crippen LogP contribution in [0.1, 0.15) is 5.56 Å². The van der Waals surface area contributed by atoms with Crippen molar-refractivity contribution < 1.29 is 8.42 Å². The van der Waals surface area contributed by atoms with Crippen LogP contribution in [0, 0.1) is 11.3 Å². The molecule has 22 heavy (non-hydrogen) atoms. The number of hydrogen-bond acceptors (Lipinski definition) is 5. The Morgan fingerprint density at radius 1 is 1.23 bits per heavy atom. The summed E-state index contributed by atoms with van der Waals surface area (Å²) in [5.41, 5.74) is 1.19. The van der Waals surface area contributed by atoms with Crippen molar-refractivity contribution in [2.24, 2.45) is 0 Å². The van der Waals surface area contributed by atoms with Crippen molar-refractivity contribution in [3.8, 4) is 6.07 Å². The minimum atomic E-state index is -3.70. The van der Waals surface area contributed by atoms with E-state index in [1.54, 1.807) is 49.5 Å². The number of nitrogens with zero attached hydrogens (tertiary/aromatic N) is 3. The molecule has 2 aromatic rings. The van der Waals surface area contributed by atoms with Gasteiger partial charge in [-0.1, -0.05) is 12.1 Å². The third-order valence-corrected chi connectivity index (χ3v) is 4.35. The Labute approximate surface area is 130 Å². The standard InChI is InChI=1S/C15H16N4O2S/c1-19(2)15-14(4-3-11-17-15)18-22(20,21)13-7-5-12(6-8-13)9-10-16/h3-8,11,18H,9H2,1-2H3. The lowest BCUT2D eigenvalue weighted by Crippen LogP contribution is -2.18. The molecule has 0 unspecified atom stereocenters. The predicted octanol–water partition coefficient (Wildman–Crippen LogP) is 2.01. The highest BCUT2D eigenvalue weighted by Gasteiger charge is 2.17. The molecule has 0 aliphatic rings. The van der Waals surface area contributed by atoms with Crippen LogP contribution < -0.4 is 9.62 Å². The van der Waals surface area contributed by atoms with Gasteiger partial charge in [0, 0.05) is 20.3 Å². The van der Waals surface area contributed by atoms with Crippen molar-refractivity contribution in [3.05, 3.63) is 48.2 Å². The van der Waals surface area contributed by atoms with E-state index in [2.05, 4.69) is 9.71 Å². The van der Waals surface area contributed by atoms with E-state index in [0.29, 0.717) is 11.5 Å². The molecule has 0 saturated heterocycles. The average molecular weight is 316 g/mol. The molecule has 7 heteroatoms. The highest BCUT2D eigenvalue weighted by Crippen LogP contribution is 2.24. The third-order valence-electron chi connectivity index (χ3n) is 2.97. The highest BCUT2D eigenvalue weighted by molar-refractivity contribution is 7.92. The van der Waals surface area contributed by atoms with E-state index in [1.165, 1.54) is 12.1 Å². The zero-order valence-corrected chi connectivity index (χ0v) is 13.1. The number of nitriles is 1. The maximum Gasteiger partial charge on any atom is 0.262 e. The number of hydrogen-bond donors (Lipinski definition) is 1. The van der Waals surface area contributed by atoms with Crippen molar-refractivity contribution in [1.82, 2.24) is 4.98 Å². The molecule has 0 spiro atoms. The molecule has 2 rings (SSSR count). The summed E-state index contributed by atoms with van der Waals surface area (Å²) in [6.45, 7) is 0. The fourth-order valence-corrected chi connectivity index (χ4v) is 2.98. The second kappa shape index (κ2) is 6.45. The lowest BCUT2D eigenvalue weighted by molar-refractivity contribution is 0.601. The van der Waals surface area contributed by atoms with E-state index < -0.39 is 10.0 Å². The average Bonchev–Trinajstić information content (AvgIpc) is 2.48.